The number of ether oxygens (including phenoxy) is 2. The van der Waals surface area contributed by atoms with E-state index in [-0.39, 0.29) is 49.1 Å². The molecule has 4 atom stereocenters. The van der Waals surface area contributed by atoms with E-state index in [1.165, 1.54) is 22.5 Å². The van der Waals surface area contributed by atoms with Crippen LogP contribution in [0.1, 0.15) is 38.5 Å². The van der Waals surface area contributed by atoms with Gasteiger partial charge in [0.25, 0.3) is 0 Å². The fourth-order valence-corrected chi connectivity index (χ4v) is 6.13. The van der Waals surface area contributed by atoms with Crippen molar-refractivity contribution in [3.63, 3.8) is 0 Å². The first-order valence-corrected chi connectivity index (χ1v) is 12.2. The van der Waals surface area contributed by atoms with E-state index in [0.29, 0.717) is 12.8 Å². The Morgan fingerprint density at radius 2 is 2.03 bits per heavy atom. The molecule has 1 saturated carbocycles. The number of carbonyl (C=O) groups excluding carboxylic acids is 1. The van der Waals surface area contributed by atoms with Gasteiger partial charge in [-0.15, -0.1) is 0 Å². The Kier molecular flexibility index (Phi) is 6.92. The summed E-state index contributed by atoms with van der Waals surface area (Å²) in [7, 11) is -4.06. The van der Waals surface area contributed by atoms with Crippen molar-refractivity contribution in [1.29, 1.82) is 0 Å². The molecule has 2 saturated heterocycles. The summed E-state index contributed by atoms with van der Waals surface area (Å²) in [6, 6.07) is 4.52. The van der Waals surface area contributed by atoms with Crippen LogP contribution < -0.4 is 5.32 Å². The van der Waals surface area contributed by atoms with Crippen LogP contribution >= 0.6 is 0 Å². The second-order valence-electron chi connectivity index (χ2n) is 8.56. The number of nitrogens with zero attached hydrogens (tertiary/aromatic N) is 1. The van der Waals surface area contributed by atoms with Crippen molar-refractivity contribution < 1.29 is 32.2 Å². The van der Waals surface area contributed by atoms with Crippen LogP contribution in [0.4, 0.5) is 4.39 Å². The predicted molar refractivity (Wildman–Crippen MR) is 109 cm³/mol. The van der Waals surface area contributed by atoms with Gasteiger partial charge in [0.15, 0.2) is 0 Å². The average molecular weight is 457 g/mol. The van der Waals surface area contributed by atoms with Gasteiger partial charge < -0.3 is 19.9 Å². The van der Waals surface area contributed by atoms with E-state index in [0.717, 1.165) is 25.3 Å². The van der Waals surface area contributed by atoms with Gasteiger partial charge in [-0.05, 0) is 50.3 Å². The number of benzene rings is 1. The molecule has 31 heavy (non-hydrogen) atoms. The van der Waals surface area contributed by atoms with Gasteiger partial charge in [-0.1, -0.05) is 6.07 Å². The zero-order valence-electron chi connectivity index (χ0n) is 17.3. The normalized spacial score (nSPS) is 30.5. The summed E-state index contributed by atoms with van der Waals surface area (Å²) in [6.45, 7) is -0.0948. The van der Waals surface area contributed by atoms with E-state index >= 15 is 0 Å². The third-order valence-corrected chi connectivity index (χ3v) is 8.11. The first-order chi connectivity index (χ1) is 14.8. The van der Waals surface area contributed by atoms with Gasteiger partial charge in [0, 0.05) is 12.6 Å². The molecule has 3 fully saturated rings. The smallest absolute Gasteiger partial charge is 0.243 e. The monoisotopic (exact) mass is 456 g/mol. The van der Waals surface area contributed by atoms with Crippen LogP contribution in [0.2, 0.25) is 0 Å². The lowest BCUT2D eigenvalue weighted by Crippen LogP contribution is -2.57. The second-order valence-corrected chi connectivity index (χ2v) is 10.5. The van der Waals surface area contributed by atoms with Gasteiger partial charge in [0.2, 0.25) is 15.9 Å². The fourth-order valence-electron chi connectivity index (χ4n) is 4.38. The molecular formula is C21H29FN2O6S. The Morgan fingerprint density at radius 3 is 2.74 bits per heavy atom. The number of aliphatic hydroxyl groups excluding tert-OH is 1. The van der Waals surface area contributed by atoms with Crippen LogP contribution in [0, 0.1) is 5.82 Å². The highest BCUT2D eigenvalue weighted by Gasteiger charge is 2.43. The van der Waals surface area contributed by atoms with E-state index in [1.807, 2.05) is 0 Å². The van der Waals surface area contributed by atoms with Crippen LogP contribution in [-0.4, -0.2) is 73.9 Å². The standard InChI is InChI=1S/C21H29FN2O6S/c22-14-3-1-6-18(9-14)31(27,28)24-11-16(25)12-29-13-20-19(24)8-7-17(30-20)10-21(26)23-15-4-2-5-15/h1,3,6,9,15-17,19-20,25H,2,4-5,7-8,10-13H2,(H,23,26)/t16-,17-,19-,20+/m1/s1. The Labute approximate surface area is 181 Å². The number of rotatable bonds is 5. The molecule has 3 aliphatic rings. The molecule has 10 heteroatoms. The SMILES string of the molecule is O=C(C[C@H]1CC[C@@H]2[C@H](COC[C@H](O)CN2S(=O)(=O)c2cccc(F)c2)O1)NC1CCC1. The van der Waals surface area contributed by atoms with E-state index < -0.39 is 34.1 Å². The average Bonchev–Trinajstić information content (AvgIpc) is 2.68. The Bertz CT molecular complexity index is 894. The molecule has 1 aromatic carbocycles. The molecule has 0 radical (unpaired) electrons. The molecule has 2 aliphatic heterocycles. The van der Waals surface area contributed by atoms with Crippen molar-refractivity contribution in [2.45, 2.75) is 73.8 Å². The molecule has 0 spiro atoms. The summed E-state index contributed by atoms with van der Waals surface area (Å²) >= 11 is 0. The van der Waals surface area contributed by atoms with Crippen molar-refractivity contribution in [1.82, 2.24) is 9.62 Å². The molecule has 2 heterocycles. The number of hydrogen-bond acceptors (Lipinski definition) is 6. The molecule has 2 N–H and O–H groups in total. The highest BCUT2D eigenvalue weighted by molar-refractivity contribution is 7.89. The van der Waals surface area contributed by atoms with Gasteiger partial charge >= 0.3 is 0 Å². The quantitative estimate of drug-likeness (QED) is 0.690. The lowest BCUT2D eigenvalue weighted by atomic mass is 9.92. The van der Waals surface area contributed by atoms with E-state index in [9.17, 15) is 22.7 Å². The Balaban J connectivity index is 1.49. The van der Waals surface area contributed by atoms with Gasteiger partial charge in [-0.25, -0.2) is 12.8 Å². The molecule has 4 rings (SSSR count). The number of hydrogen-bond donors (Lipinski definition) is 2. The highest BCUT2D eigenvalue weighted by atomic mass is 32.2. The topological polar surface area (TPSA) is 105 Å². The summed E-state index contributed by atoms with van der Waals surface area (Å²) in [6.07, 6.45) is 2.42. The zero-order chi connectivity index (χ0) is 22.0. The lowest BCUT2D eigenvalue weighted by Gasteiger charge is -2.43. The van der Waals surface area contributed by atoms with Gasteiger partial charge in [-0.2, -0.15) is 4.31 Å². The summed E-state index contributed by atoms with van der Waals surface area (Å²) in [5, 5.41) is 13.2. The second kappa shape index (κ2) is 9.50. The Hall–Kier alpha value is -1.59. The number of amides is 1. The molecule has 1 amide bonds. The molecule has 0 aromatic heterocycles. The first-order valence-electron chi connectivity index (χ1n) is 10.8. The van der Waals surface area contributed by atoms with Crippen LogP contribution in [0.25, 0.3) is 0 Å². The lowest BCUT2D eigenvalue weighted by molar-refractivity contribution is -0.147. The largest absolute Gasteiger partial charge is 0.389 e. The minimum absolute atomic E-state index is 0.0332. The highest BCUT2D eigenvalue weighted by Crippen LogP contribution is 2.31. The van der Waals surface area contributed by atoms with E-state index in [4.69, 9.17) is 9.47 Å². The molecule has 1 aromatic rings. The summed E-state index contributed by atoms with van der Waals surface area (Å²) in [5.74, 6) is -0.703. The third kappa shape index (κ3) is 5.25. The van der Waals surface area contributed by atoms with Gasteiger partial charge in [0.1, 0.15) is 5.82 Å². The zero-order valence-corrected chi connectivity index (χ0v) is 18.1. The van der Waals surface area contributed by atoms with E-state index in [2.05, 4.69) is 5.32 Å². The molecular weight excluding hydrogens is 427 g/mol. The maximum atomic E-state index is 13.7. The number of aliphatic hydroxyl groups is 1. The van der Waals surface area contributed by atoms with Crippen molar-refractivity contribution in [3.05, 3.63) is 30.1 Å². The van der Waals surface area contributed by atoms with Crippen molar-refractivity contribution in [2.24, 2.45) is 0 Å². The number of nitrogens with one attached hydrogen (secondary N) is 1. The summed E-state index contributed by atoms with van der Waals surface area (Å²) in [4.78, 5) is 12.1. The number of fused-ring (bicyclic) bond motifs is 1. The summed E-state index contributed by atoms with van der Waals surface area (Å²) in [5.41, 5.74) is 0. The Morgan fingerprint density at radius 1 is 1.23 bits per heavy atom. The minimum Gasteiger partial charge on any atom is -0.389 e. The fraction of sp³-hybridized carbons (Fsp3) is 0.667. The van der Waals surface area contributed by atoms with Gasteiger partial charge in [0.05, 0.1) is 48.9 Å². The van der Waals surface area contributed by atoms with Crippen LogP contribution in [0.5, 0.6) is 0 Å². The molecule has 8 nitrogen and oxygen atoms in total. The maximum absolute atomic E-state index is 13.7. The van der Waals surface area contributed by atoms with Crippen molar-refractivity contribution in [3.8, 4) is 0 Å². The van der Waals surface area contributed by atoms with Crippen LogP contribution in [0.15, 0.2) is 29.2 Å². The molecule has 1 aliphatic carbocycles. The number of sulfonamides is 1. The van der Waals surface area contributed by atoms with Crippen LogP contribution in [-0.2, 0) is 24.3 Å². The third-order valence-electron chi connectivity index (χ3n) is 6.22. The van der Waals surface area contributed by atoms with Crippen molar-refractivity contribution >= 4 is 15.9 Å². The van der Waals surface area contributed by atoms with Gasteiger partial charge in [-0.3, -0.25) is 4.79 Å². The number of halogens is 1. The molecule has 0 bridgehead atoms. The number of β-amino-alcohol motifs (C(OH)–C–C–N with tert-alkyl or cyclic N) is 1. The minimum atomic E-state index is -4.06. The molecule has 0 unspecified atom stereocenters. The van der Waals surface area contributed by atoms with Crippen molar-refractivity contribution in [2.75, 3.05) is 19.8 Å². The number of carbonyl (C=O) groups is 1. The predicted octanol–water partition coefficient (Wildman–Crippen LogP) is 1.18. The van der Waals surface area contributed by atoms with Crippen LogP contribution in [0.3, 0.4) is 0 Å². The summed E-state index contributed by atoms with van der Waals surface area (Å²) < 4.78 is 53.2. The van der Waals surface area contributed by atoms with E-state index in [1.54, 1.807) is 0 Å². The first kappa shape index (κ1) is 22.6. The molecule has 172 valence electrons. The maximum Gasteiger partial charge on any atom is 0.243 e.